The van der Waals surface area contributed by atoms with Gasteiger partial charge in [-0.05, 0) is 78.4 Å². The Hall–Kier alpha value is -5.38. The van der Waals surface area contributed by atoms with Crippen molar-refractivity contribution in [2.24, 2.45) is 5.73 Å². The van der Waals surface area contributed by atoms with Crippen LogP contribution in [0.1, 0.15) is 27.0 Å². The lowest BCUT2D eigenvalue weighted by Gasteiger charge is -2.18. The van der Waals surface area contributed by atoms with Crippen molar-refractivity contribution in [3.8, 4) is 45.4 Å². The minimum Gasteiger partial charge on any atom is -0.497 e. The van der Waals surface area contributed by atoms with Gasteiger partial charge in [-0.1, -0.05) is 18.2 Å². The molecule has 286 valence electrons. The largest absolute Gasteiger partial charge is 0.497 e. The average molecular weight is 757 g/mol. The second-order valence-electron chi connectivity index (χ2n) is 11.9. The lowest BCUT2D eigenvalue weighted by atomic mass is 10.0. The summed E-state index contributed by atoms with van der Waals surface area (Å²) in [7, 11) is 2.98. The van der Waals surface area contributed by atoms with Crippen molar-refractivity contribution in [1.82, 2.24) is 14.9 Å². The Bertz CT molecular complexity index is 2000. The summed E-state index contributed by atoms with van der Waals surface area (Å²) < 4.78 is 108. The normalized spacial score (nSPS) is 11.8. The number of imidazole rings is 1. The van der Waals surface area contributed by atoms with Crippen LogP contribution in [0.3, 0.4) is 0 Å². The molecule has 1 aromatic heterocycles. The molecule has 0 bridgehead atoms. The molecule has 0 fully saturated rings. The SMILES string of the molecule is COc1ccc(-c2nc(-c3ccc(C(F)(F)F)cc3C(F)(F)F)n(Cc3ccc(C(=O)NCCOCCOCCN)cc3)c2-c2ccc(OC)cc2)cc1. The van der Waals surface area contributed by atoms with Gasteiger partial charge in [-0.25, -0.2) is 4.98 Å². The van der Waals surface area contributed by atoms with Gasteiger partial charge in [-0.3, -0.25) is 4.79 Å². The monoisotopic (exact) mass is 756 g/mol. The topological polar surface area (TPSA) is 110 Å². The highest BCUT2D eigenvalue weighted by Crippen LogP contribution is 2.44. The molecule has 0 aliphatic rings. The number of ether oxygens (including phenoxy) is 4. The molecule has 54 heavy (non-hydrogen) atoms. The van der Waals surface area contributed by atoms with E-state index in [9.17, 15) is 31.1 Å². The number of amides is 1. The maximum atomic E-state index is 14.6. The van der Waals surface area contributed by atoms with Gasteiger partial charge in [0.05, 0.1) is 63.2 Å². The molecule has 9 nitrogen and oxygen atoms in total. The maximum Gasteiger partial charge on any atom is 0.417 e. The zero-order chi connectivity index (χ0) is 38.9. The molecule has 4 aromatic carbocycles. The molecular weight excluding hydrogens is 718 g/mol. The van der Waals surface area contributed by atoms with Gasteiger partial charge in [0.2, 0.25) is 0 Å². The van der Waals surface area contributed by atoms with Gasteiger partial charge < -0.3 is 34.6 Å². The molecule has 0 aliphatic heterocycles. The highest BCUT2D eigenvalue weighted by Gasteiger charge is 2.39. The van der Waals surface area contributed by atoms with Crippen LogP contribution in [0.15, 0.2) is 91.0 Å². The molecular formula is C39H38F6N4O5. The zero-order valence-corrected chi connectivity index (χ0v) is 29.4. The van der Waals surface area contributed by atoms with Crippen LogP contribution in [0.4, 0.5) is 26.3 Å². The van der Waals surface area contributed by atoms with Crippen LogP contribution in [-0.2, 0) is 28.4 Å². The molecule has 0 saturated carbocycles. The van der Waals surface area contributed by atoms with E-state index in [1.54, 1.807) is 72.8 Å². The smallest absolute Gasteiger partial charge is 0.417 e. The number of nitrogens with one attached hydrogen (secondary N) is 1. The minimum absolute atomic E-state index is 0.0693. The third kappa shape index (κ3) is 9.78. The van der Waals surface area contributed by atoms with Crippen molar-refractivity contribution in [3.63, 3.8) is 0 Å². The quantitative estimate of drug-likeness (QED) is 0.0785. The van der Waals surface area contributed by atoms with Gasteiger partial charge >= 0.3 is 12.4 Å². The van der Waals surface area contributed by atoms with Crippen LogP contribution < -0.4 is 20.5 Å². The number of benzene rings is 4. The Morgan fingerprint density at radius 3 is 1.89 bits per heavy atom. The van der Waals surface area contributed by atoms with Crippen molar-refractivity contribution < 1.29 is 50.1 Å². The molecule has 15 heteroatoms. The predicted molar refractivity (Wildman–Crippen MR) is 190 cm³/mol. The lowest BCUT2D eigenvalue weighted by Crippen LogP contribution is -2.27. The van der Waals surface area contributed by atoms with E-state index >= 15 is 0 Å². The number of carbonyl (C=O) groups is 1. The third-order valence-corrected chi connectivity index (χ3v) is 8.31. The van der Waals surface area contributed by atoms with Gasteiger partial charge in [0.1, 0.15) is 17.3 Å². The van der Waals surface area contributed by atoms with Crippen molar-refractivity contribution in [1.29, 1.82) is 0 Å². The molecule has 5 rings (SSSR count). The Morgan fingerprint density at radius 1 is 0.741 bits per heavy atom. The number of nitrogens with zero attached hydrogens (tertiary/aromatic N) is 2. The van der Waals surface area contributed by atoms with E-state index in [0.717, 1.165) is 6.07 Å². The summed E-state index contributed by atoms with van der Waals surface area (Å²) in [6.45, 7) is 1.98. The van der Waals surface area contributed by atoms with Gasteiger partial charge in [0.25, 0.3) is 5.91 Å². The third-order valence-electron chi connectivity index (χ3n) is 8.31. The van der Waals surface area contributed by atoms with E-state index in [-0.39, 0.29) is 43.2 Å². The number of alkyl halides is 6. The van der Waals surface area contributed by atoms with Gasteiger partial charge in [-0.15, -0.1) is 0 Å². The summed E-state index contributed by atoms with van der Waals surface area (Å²) >= 11 is 0. The number of rotatable bonds is 16. The molecule has 3 N–H and O–H groups in total. The van der Waals surface area contributed by atoms with Crippen molar-refractivity contribution in [3.05, 3.63) is 113 Å². The van der Waals surface area contributed by atoms with Crippen LogP contribution in [0.2, 0.25) is 0 Å². The summed E-state index contributed by atoms with van der Waals surface area (Å²) in [5, 5.41) is 2.76. The molecule has 1 amide bonds. The van der Waals surface area contributed by atoms with Crippen molar-refractivity contribution in [2.45, 2.75) is 18.9 Å². The van der Waals surface area contributed by atoms with E-state index in [1.165, 1.54) is 18.8 Å². The molecule has 0 saturated heterocycles. The summed E-state index contributed by atoms with van der Waals surface area (Å²) in [6.07, 6.45) is -10.2. The second-order valence-corrected chi connectivity index (χ2v) is 11.9. The average Bonchev–Trinajstić information content (AvgIpc) is 3.53. The minimum atomic E-state index is -5.16. The van der Waals surface area contributed by atoms with E-state index in [4.69, 9.17) is 29.7 Å². The first-order valence-corrected chi connectivity index (χ1v) is 16.7. The van der Waals surface area contributed by atoms with Crippen LogP contribution in [0, 0.1) is 0 Å². The summed E-state index contributed by atoms with van der Waals surface area (Å²) in [5.41, 5.74) is 4.51. The van der Waals surface area contributed by atoms with E-state index in [2.05, 4.69) is 5.32 Å². The first-order valence-electron chi connectivity index (χ1n) is 16.7. The Kier molecular flexibility index (Phi) is 13.0. The van der Waals surface area contributed by atoms with E-state index in [0.29, 0.717) is 71.9 Å². The van der Waals surface area contributed by atoms with Crippen molar-refractivity contribution >= 4 is 5.91 Å². The van der Waals surface area contributed by atoms with E-state index in [1.807, 2.05) is 0 Å². The first-order chi connectivity index (χ1) is 25.8. The molecule has 1 heterocycles. The second kappa shape index (κ2) is 17.6. The first kappa shape index (κ1) is 39.8. The molecule has 5 aromatic rings. The Balaban J connectivity index is 1.58. The van der Waals surface area contributed by atoms with Crippen LogP contribution in [-0.4, -0.2) is 69.2 Å². The number of aromatic nitrogens is 2. The number of methoxy groups -OCH3 is 2. The number of hydrogen-bond acceptors (Lipinski definition) is 7. The highest BCUT2D eigenvalue weighted by molar-refractivity contribution is 5.94. The predicted octanol–water partition coefficient (Wildman–Crippen LogP) is 7.71. The fourth-order valence-corrected chi connectivity index (χ4v) is 5.64. The molecule has 0 unspecified atom stereocenters. The maximum absolute atomic E-state index is 14.6. The molecule has 0 atom stereocenters. The fraction of sp³-hybridized carbons (Fsp3) is 0.282. The van der Waals surface area contributed by atoms with Gasteiger partial charge in [0, 0.05) is 41.9 Å². The highest BCUT2D eigenvalue weighted by atomic mass is 19.4. The Morgan fingerprint density at radius 2 is 1.33 bits per heavy atom. The summed E-state index contributed by atoms with van der Waals surface area (Å²) in [6, 6.07) is 21.4. The Labute approximate surface area is 307 Å². The van der Waals surface area contributed by atoms with Crippen molar-refractivity contribution in [2.75, 3.05) is 53.7 Å². The number of nitrogens with two attached hydrogens (primary N) is 1. The van der Waals surface area contributed by atoms with Crippen LogP contribution >= 0.6 is 0 Å². The summed E-state index contributed by atoms with van der Waals surface area (Å²) in [5.74, 6) is 0.460. The standard InChI is InChI=1S/C39H38F6N4O5/c1-51-30-12-7-26(8-13-30)34-35(27-9-14-31(52-2)15-10-27)49(36(48-34)32-16-11-29(38(40,41)42)23-33(32)39(43,44)45)24-25-3-5-28(6-4-25)37(50)47-18-20-54-22-21-53-19-17-46/h3-16,23H,17-22,24,46H2,1-2H3,(H,47,50). The molecule has 0 aliphatic carbocycles. The van der Waals surface area contributed by atoms with Crippen LogP contribution in [0.5, 0.6) is 11.5 Å². The fourth-order valence-electron chi connectivity index (χ4n) is 5.64. The van der Waals surface area contributed by atoms with E-state index < -0.39 is 29.0 Å². The molecule has 0 radical (unpaired) electrons. The zero-order valence-electron chi connectivity index (χ0n) is 29.4. The lowest BCUT2D eigenvalue weighted by molar-refractivity contribution is -0.142. The van der Waals surface area contributed by atoms with Gasteiger partial charge in [0.15, 0.2) is 0 Å². The number of hydrogen-bond donors (Lipinski definition) is 2. The summed E-state index contributed by atoms with van der Waals surface area (Å²) in [4.78, 5) is 17.6. The number of carbonyl (C=O) groups excluding carboxylic acids is 1. The van der Waals surface area contributed by atoms with Gasteiger partial charge in [-0.2, -0.15) is 26.3 Å². The molecule has 0 spiro atoms. The van der Waals surface area contributed by atoms with Crippen LogP contribution in [0.25, 0.3) is 33.9 Å². The number of halogens is 6.